The molecule has 40 heavy (non-hydrogen) atoms. The lowest BCUT2D eigenvalue weighted by atomic mass is 10.0. The van der Waals surface area contributed by atoms with Gasteiger partial charge in [0.25, 0.3) is 0 Å². The summed E-state index contributed by atoms with van der Waals surface area (Å²) < 4.78 is 41.4. The van der Waals surface area contributed by atoms with Crippen LogP contribution in [0.2, 0.25) is 10.0 Å². The maximum atomic E-state index is 14.8. The summed E-state index contributed by atoms with van der Waals surface area (Å²) >= 11 is 12.5. The average molecular weight is 609 g/mol. The molecule has 0 unspecified atom stereocenters. The minimum absolute atomic E-state index is 0.0134. The zero-order valence-corrected chi connectivity index (χ0v) is 24.8. The first-order valence-corrected chi connectivity index (χ1v) is 15.3. The van der Waals surface area contributed by atoms with E-state index in [1.807, 2.05) is 44.2 Å². The highest BCUT2D eigenvalue weighted by Gasteiger charge is 2.34. The molecule has 3 rings (SSSR count). The Bertz CT molecular complexity index is 1440. The van der Waals surface area contributed by atoms with E-state index in [1.54, 1.807) is 6.07 Å². The normalized spacial score (nSPS) is 12.8. The summed E-state index contributed by atoms with van der Waals surface area (Å²) in [7, 11) is -4.03. The van der Waals surface area contributed by atoms with E-state index in [0.717, 1.165) is 16.1 Å². The second-order valence-electron chi connectivity index (χ2n) is 9.48. The van der Waals surface area contributed by atoms with E-state index in [2.05, 4.69) is 5.32 Å². The third-order valence-electron chi connectivity index (χ3n) is 6.45. The van der Waals surface area contributed by atoms with Gasteiger partial charge in [-0.15, -0.1) is 0 Å². The molecule has 0 heterocycles. The zero-order chi connectivity index (χ0) is 29.4. The van der Waals surface area contributed by atoms with Gasteiger partial charge in [0.2, 0.25) is 21.8 Å². The number of sulfonamides is 1. The third kappa shape index (κ3) is 8.19. The van der Waals surface area contributed by atoms with Crippen LogP contribution < -0.4 is 9.62 Å². The molecule has 0 aliphatic rings. The number of hydrogen-bond acceptors (Lipinski definition) is 4. The Labute approximate surface area is 244 Å². The van der Waals surface area contributed by atoms with Crippen LogP contribution in [0.1, 0.15) is 31.4 Å². The number of benzene rings is 3. The van der Waals surface area contributed by atoms with Gasteiger partial charge >= 0.3 is 0 Å². The van der Waals surface area contributed by atoms with Crippen LogP contribution in [0, 0.1) is 5.82 Å². The topological polar surface area (TPSA) is 86.8 Å². The van der Waals surface area contributed by atoms with Crippen molar-refractivity contribution in [3.8, 4) is 0 Å². The fourth-order valence-corrected chi connectivity index (χ4v) is 5.39. The molecule has 7 nitrogen and oxygen atoms in total. The predicted molar refractivity (Wildman–Crippen MR) is 157 cm³/mol. The predicted octanol–water partition coefficient (Wildman–Crippen LogP) is 5.45. The van der Waals surface area contributed by atoms with Crippen LogP contribution in [0.3, 0.4) is 0 Å². The molecular formula is C29H32Cl2FN3O4S. The molecule has 2 amide bonds. The second kappa shape index (κ2) is 14.0. The van der Waals surface area contributed by atoms with E-state index < -0.39 is 40.2 Å². The van der Waals surface area contributed by atoms with Gasteiger partial charge in [-0.25, -0.2) is 12.8 Å². The number of carbonyl (C=O) groups excluding carboxylic acids is 2. The summed E-state index contributed by atoms with van der Waals surface area (Å²) in [6.45, 7) is 2.80. The molecule has 0 fully saturated rings. The van der Waals surface area contributed by atoms with Gasteiger partial charge in [-0.3, -0.25) is 13.9 Å². The lowest BCUT2D eigenvalue weighted by Crippen LogP contribution is -2.54. The van der Waals surface area contributed by atoms with Gasteiger partial charge in [0.05, 0.1) is 22.0 Å². The number of anilines is 1. The fraction of sp³-hybridized carbons (Fsp3) is 0.310. The van der Waals surface area contributed by atoms with Crippen molar-refractivity contribution in [2.24, 2.45) is 0 Å². The van der Waals surface area contributed by atoms with Gasteiger partial charge < -0.3 is 10.2 Å². The van der Waals surface area contributed by atoms with Crippen LogP contribution in [0.5, 0.6) is 0 Å². The van der Waals surface area contributed by atoms with Crippen molar-refractivity contribution in [2.75, 3.05) is 17.1 Å². The molecule has 0 radical (unpaired) electrons. The Kier molecular flexibility index (Phi) is 11.0. The van der Waals surface area contributed by atoms with Crippen molar-refractivity contribution < 1.29 is 22.4 Å². The molecule has 2 atom stereocenters. The van der Waals surface area contributed by atoms with E-state index >= 15 is 0 Å². The smallest absolute Gasteiger partial charge is 0.244 e. The SMILES string of the molecule is CC[C@@H](C)NC(=O)[C@@H](Cc1ccccc1)N(Cc1ccccc1F)C(=O)CN(c1cccc(Cl)c1Cl)S(C)(=O)=O. The molecule has 3 aromatic rings. The Balaban J connectivity index is 2.10. The van der Waals surface area contributed by atoms with Crippen LogP contribution in [-0.4, -0.2) is 50.0 Å². The highest BCUT2D eigenvalue weighted by atomic mass is 35.5. The number of nitrogens with one attached hydrogen (secondary N) is 1. The van der Waals surface area contributed by atoms with Crippen LogP contribution in [-0.2, 0) is 32.6 Å². The molecule has 0 saturated heterocycles. The van der Waals surface area contributed by atoms with Crippen molar-refractivity contribution in [3.63, 3.8) is 0 Å². The van der Waals surface area contributed by atoms with Gasteiger partial charge in [-0.2, -0.15) is 0 Å². The molecule has 0 bridgehead atoms. The van der Waals surface area contributed by atoms with E-state index in [1.165, 1.54) is 41.3 Å². The number of amides is 2. The standard InChI is InChI=1S/C29H32Cl2FN3O4S/c1-4-20(2)33-29(37)26(17-21-11-6-5-7-12-21)34(18-22-13-8-9-15-24(22)32)27(36)19-35(40(3,38)39)25-16-10-14-23(30)28(25)31/h5-16,20,26H,4,17-19H2,1-3H3,(H,33,37)/t20-,26-/m1/s1. The molecule has 0 saturated carbocycles. The second-order valence-corrected chi connectivity index (χ2v) is 12.2. The van der Waals surface area contributed by atoms with Crippen molar-refractivity contribution in [3.05, 3.63) is 99.8 Å². The maximum Gasteiger partial charge on any atom is 0.244 e. The van der Waals surface area contributed by atoms with Gasteiger partial charge in [-0.1, -0.05) is 84.7 Å². The van der Waals surface area contributed by atoms with Crippen LogP contribution in [0.15, 0.2) is 72.8 Å². The fourth-order valence-electron chi connectivity index (χ4n) is 4.08. The largest absolute Gasteiger partial charge is 0.352 e. The number of halogens is 3. The first kappa shape index (κ1) is 31.4. The van der Waals surface area contributed by atoms with Gasteiger partial charge in [0, 0.05) is 24.6 Å². The summed E-state index contributed by atoms with van der Waals surface area (Å²) in [5.41, 5.74) is 0.965. The first-order chi connectivity index (χ1) is 18.9. The van der Waals surface area contributed by atoms with E-state index in [9.17, 15) is 22.4 Å². The van der Waals surface area contributed by atoms with E-state index in [0.29, 0.717) is 6.42 Å². The van der Waals surface area contributed by atoms with Gasteiger partial charge in [-0.05, 0) is 37.1 Å². The van der Waals surface area contributed by atoms with E-state index in [4.69, 9.17) is 23.2 Å². The number of carbonyl (C=O) groups is 2. The van der Waals surface area contributed by atoms with Crippen molar-refractivity contribution in [1.29, 1.82) is 0 Å². The van der Waals surface area contributed by atoms with Gasteiger partial charge in [0.15, 0.2) is 0 Å². The molecular weight excluding hydrogens is 576 g/mol. The summed E-state index contributed by atoms with van der Waals surface area (Å²) in [6, 6.07) is 18.2. The Morgan fingerprint density at radius 2 is 1.62 bits per heavy atom. The summed E-state index contributed by atoms with van der Waals surface area (Å²) in [5, 5.41) is 2.99. The van der Waals surface area contributed by atoms with Crippen LogP contribution in [0.25, 0.3) is 0 Å². The first-order valence-electron chi connectivity index (χ1n) is 12.7. The van der Waals surface area contributed by atoms with Crippen molar-refractivity contribution in [1.82, 2.24) is 10.2 Å². The molecule has 214 valence electrons. The van der Waals surface area contributed by atoms with E-state index in [-0.39, 0.29) is 40.3 Å². The molecule has 0 aromatic heterocycles. The highest BCUT2D eigenvalue weighted by molar-refractivity contribution is 7.92. The summed E-state index contributed by atoms with van der Waals surface area (Å²) in [5.74, 6) is -1.71. The molecule has 0 aliphatic heterocycles. The van der Waals surface area contributed by atoms with Crippen LogP contribution >= 0.6 is 23.2 Å². The maximum absolute atomic E-state index is 14.8. The Hall–Kier alpha value is -3.14. The number of nitrogens with zero attached hydrogens (tertiary/aromatic N) is 2. The Morgan fingerprint density at radius 1 is 0.975 bits per heavy atom. The van der Waals surface area contributed by atoms with Crippen molar-refractivity contribution in [2.45, 2.75) is 45.3 Å². The zero-order valence-electron chi connectivity index (χ0n) is 22.5. The Morgan fingerprint density at radius 3 is 2.25 bits per heavy atom. The molecule has 0 spiro atoms. The minimum Gasteiger partial charge on any atom is -0.352 e. The lowest BCUT2D eigenvalue weighted by molar-refractivity contribution is -0.140. The molecule has 1 N–H and O–H groups in total. The molecule has 3 aromatic carbocycles. The number of hydrogen-bond donors (Lipinski definition) is 1. The molecule has 11 heteroatoms. The minimum atomic E-state index is -4.03. The number of rotatable bonds is 12. The quantitative estimate of drug-likeness (QED) is 0.296. The molecule has 0 aliphatic carbocycles. The van der Waals surface area contributed by atoms with Gasteiger partial charge in [0.1, 0.15) is 18.4 Å². The highest BCUT2D eigenvalue weighted by Crippen LogP contribution is 2.34. The summed E-state index contributed by atoms with van der Waals surface area (Å²) in [6.07, 6.45) is 1.72. The average Bonchev–Trinajstić information content (AvgIpc) is 2.91. The lowest BCUT2D eigenvalue weighted by Gasteiger charge is -2.34. The summed E-state index contributed by atoms with van der Waals surface area (Å²) in [4.78, 5) is 28.9. The van der Waals surface area contributed by atoms with Crippen LogP contribution in [0.4, 0.5) is 10.1 Å². The van der Waals surface area contributed by atoms with Crippen molar-refractivity contribution >= 4 is 50.7 Å². The third-order valence-corrected chi connectivity index (χ3v) is 8.39. The monoisotopic (exact) mass is 607 g/mol.